The van der Waals surface area contributed by atoms with Gasteiger partial charge in [0, 0.05) is 11.7 Å². The molecule has 0 heterocycles. The van der Waals surface area contributed by atoms with Crippen molar-refractivity contribution in [2.24, 2.45) is 5.41 Å². The van der Waals surface area contributed by atoms with Gasteiger partial charge in [-0.25, -0.2) is 8.42 Å². The van der Waals surface area contributed by atoms with Gasteiger partial charge in [-0.15, -0.1) is 0 Å². The molecule has 3 nitrogen and oxygen atoms in total. The zero-order chi connectivity index (χ0) is 10.2. The first-order valence-corrected chi connectivity index (χ1v) is 5.75. The monoisotopic (exact) mass is 192 g/mol. The first kappa shape index (κ1) is 11.6. The van der Waals surface area contributed by atoms with Crippen molar-refractivity contribution in [3.05, 3.63) is 0 Å². The Bertz CT molecular complexity index is 269. The fourth-order valence-electron chi connectivity index (χ4n) is 0.804. The molecular weight excluding hydrogens is 176 g/mol. The van der Waals surface area contributed by atoms with E-state index < -0.39 is 20.5 Å². The largest absolute Gasteiger partial charge is 0.298 e. The molecule has 0 rings (SSSR count). The summed E-state index contributed by atoms with van der Waals surface area (Å²) in [4.78, 5) is 11.4. The molecule has 0 amide bonds. The summed E-state index contributed by atoms with van der Waals surface area (Å²) in [5.41, 5.74) is -0.581. The smallest absolute Gasteiger partial charge is 0.157 e. The van der Waals surface area contributed by atoms with Crippen molar-refractivity contribution in [3.8, 4) is 0 Å². The minimum absolute atomic E-state index is 0.231. The first-order valence-electron chi connectivity index (χ1n) is 3.80. The molecule has 0 aliphatic heterocycles. The summed E-state index contributed by atoms with van der Waals surface area (Å²) in [5, 5.41) is -0.891. The van der Waals surface area contributed by atoms with E-state index in [1.165, 1.54) is 6.92 Å². The van der Waals surface area contributed by atoms with Crippen molar-refractivity contribution >= 4 is 15.6 Å². The molecule has 0 aliphatic carbocycles. The van der Waals surface area contributed by atoms with Crippen LogP contribution < -0.4 is 0 Å². The van der Waals surface area contributed by atoms with E-state index in [-0.39, 0.29) is 5.78 Å². The summed E-state index contributed by atoms with van der Waals surface area (Å²) in [6.45, 7) is 6.59. The van der Waals surface area contributed by atoms with Crippen molar-refractivity contribution in [1.29, 1.82) is 0 Å². The average Bonchev–Trinajstić information content (AvgIpc) is 1.80. The Morgan fingerprint density at radius 1 is 1.25 bits per heavy atom. The molecule has 0 aromatic carbocycles. The molecule has 0 saturated heterocycles. The summed E-state index contributed by atoms with van der Waals surface area (Å²) in [5.74, 6) is -0.231. The predicted octanol–water partition coefficient (Wildman–Crippen LogP) is 1.03. The number of hydrogen-bond acceptors (Lipinski definition) is 3. The minimum atomic E-state index is -3.23. The van der Waals surface area contributed by atoms with Crippen LogP contribution in [0.2, 0.25) is 0 Å². The maximum absolute atomic E-state index is 11.4. The molecule has 0 N–H and O–H groups in total. The number of carbonyl (C=O) groups is 1. The van der Waals surface area contributed by atoms with Gasteiger partial charge in [-0.3, -0.25) is 4.79 Å². The fraction of sp³-hybridized carbons (Fsp3) is 0.875. The summed E-state index contributed by atoms with van der Waals surface area (Å²) in [6, 6.07) is 0. The molecule has 0 bridgehead atoms. The van der Waals surface area contributed by atoms with Crippen LogP contribution in [0, 0.1) is 5.41 Å². The highest BCUT2D eigenvalue weighted by molar-refractivity contribution is 7.92. The van der Waals surface area contributed by atoms with Gasteiger partial charge in [0.2, 0.25) is 0 Å². The topological polar surface area (TPSA) is 51.2 Å². The second-order valence-electron chi connectivity index (χ2n) is 4.09. The summed E-state index contributed by atoms with van der Waals surface area (Å²) in [6.07, 6.45) is 1.08. The average molecular weight is 192 g/mol. The third-order valence-corrected chi connectivity index (χ3v) is 3.25. The van der Waals surface area contributed by atoms with Crippen molar-refractivity contribution in [2.75, 3.05) is 6.26 Å². The molecule has 0 unspecified atom stereocenters. The van der Waals surface area contributed by atoms with Crippen LogP contribution in [0.25, 0.3) is 0 Å². The third-order valence-electron chi connectivity index (χ3n) is 1.75. The van der Waals surface area contributed by atoms with Crippen LogP contribution in [0.5, 0.6) is 0 Å². The molecule has 0 radical (unpaired) electrons. The van der Waals surface area contributed by atoms with Gasteiger partial charge in [0.05, 0.1) is 0 Å². The Hall–Kier alpha value is -0.380. The van der Waals surface area contributed by atoms with Gasteiger partial charge >= 0.3 is 0 Å². The number of Topliss-reactive ketones (excluding diaryl/α,β-unsaturated/α-hetero) is 1. The lowest BCUT2D eigenvalue weighted by atomic mass is 9.89. The van der Waals surface area contributed by atoms with Crippen LogP contribution >= 0.6 is 0 Å². The van der Waals surface area contributed by atoms with Gasteiger partial charge in [0.1, 0.15) is 5.25 Å². The maximum Gasteiger partial charge on any atom is 0.157 e. The Balaban J connectivity index is 4.77. The van der Waals surface area contributed by atoms with Gasteiger partial charge in [0.25, 0.3) is 0 Å². The Kier molecular flexibility index (Phi) is 3.07. The quantitative estimate of drug-likeness (QED) is 0.656. The van der Waals surface area contributed by atoms with Crippen molar-refractivity contribution < 1.29 is 13.2 Å². The minimum Gasteiger partial charge on any atom is -0.298 e. The highest BCUT2D eigenvalue weighted by atomic mass is 32.2. The van der Waals surface area contributed by atoms with E-state index in [1.54, 1.807) is 20.8 Å². The van der Waals surface area contributed by atoms with Crippen molar-refractivity contribution in [2.45, 2.75) is 32.9 Å². The van der Waals surface area contributed by atoms with E-state index in [9.17, 15) is 13.2 Å². The van der Waals surface area contributed by atoms with E-state index in [2.05, 4.69) is 0 Å². The standard InChI is InChI=1S/C8H16O3S/c1-6(12(5,10)11)7(9)8(2,3)4/h6H,1-5H3/t6-/m1/s1. The predicted molar refractivity (Wildman–Crippen MR) is 48.8 cm³/mol. The molecule has 0 saturated carbocycles. The Morgan fingerprint density at radius 3 is 1.67 bits per heavy atom. The number of hydrogen-bond donors (Lipinski definition) is 0. The second-order valence-corrected chi connectivity index (χ2v) is 6.45. The van der Waals surface area contributed by atoms with Crippen LogP contribution in [0.15, 0.2) is 0 Å². The lowest BCUT2D eigenvalue weighted by Crippen LogP contribution is -2.35. The molecule has 0 aromatic rings. The molecule has 0 aromatic heterocycles. The van der Waals surface area contributed by atoms with E-state index >= 15 is 0 Å². The third kappa shape index (κ3) is 2.93. The first-order chi connectivity index (χ1) is 5.07. The van der Waals surface area contributed by atoms with Gasteiger partial charge in [-0.2, -0.15) is 0 Å². The van der Waals surface area contributed by atoms with Crippen LogP contribution in [-0.4, -0.2) is 25.7 Å². The van der Waals surface area contributed by atoms with Gasteiger partial charge in [-0.05, 0) is 6.92 Å². The van der Waals surface area contributed by atoms with Crippen LogP contribution in [0.4, 0.5) is 0 Å². The molecule has 4 heteroatoms. The number of sulfone groups is 1. The van der Waals surface area contributed by atoms with Crippen LogP contribution in [0.1, 0.15) is 27.7 Å². The van der Waals surface area contributed by atoms with E-state index in [4.69, 9.17) is 0 Å². The van der Waals surface area contributed by atoms with Gasteiger partial charge in [-0.1, -0.05) is 20.8 Å². The highest BCUT2D eigenvalue weighted by Gasteiger charge is 2.32. The van der Waals surface area contributed by atoms with Crippen molar-refractivity contribution in [1.82, 2.24) is 0 Å². The SMILES string of the molecule is C[C@H](C(=O)C(C)(C)C)S(C)(=O)=O. The zero-order valence-electron chi connectivity index (χ0n) is 8.21. The zero-order valence-corrected chi connectivity index (χ0v) is 9.03. The highest BCUT2D eigenvalue weighted by Crippen LogP contribution is 2.19. The summed E-state index contributed by atoms with van der Waals surface area (Å²) in [7, 11) is -3.23. The van der Waals surface area contributed by atoms with Gasteiger partial charge in [0.15, 0.2) is 15.6 Å². The van der Waals surface area contributed by atoms with E-state index in [0.717, 1.165) is 6.26 Å². The molecule has 0 spiro atoms. The second kappa shape index (κ2) is 3.17. The lowest BCUT2D eigenvalue weighted by molar-refractivity contribution is -0.125. The molecule has 72 valence electrons. The van der Waals surface area contributed by atoms with E-state index in [1.807, 2.05) is 0 Å². The Morgan fingerprint density at radius 2 is 1.58 bits per heavy atom. The van der Waals surface area contributed by atoms with Crippen molar-refractivity contribution in [3.63, 3.8) is 0 Å². The van der Waals surface area contributed by atoms with Crippen LogP contribution in [0.3, 0.4) is 0 Å². The maximum atomic E-state index is 11.4. The number of ketones is 1. The lowest BCUT2D eigenvalue weighted by Gasteiger charge is -2.20. The summed E-state index contributed by atoms with van der Waals surface area (Å²) >= 11 is 0. The molecule has 1 atom stereocenters. The van der Waals surface area contributed by atoms with E-state index in [0.29, 0.717) is 0 Å². The number of carbonyl (C=O) groups excluding carboxylic acids is 1. The molecule has 12 heavy (non-hydrogen) atoms. The molecule has 0 aliphatic rings. The number of rotatable bonds is 2. The van der Waals surface area contributed by atoms with Gasteiger partial charge < -0.3 is 0 Å². The molecular formula is C8H16O3S. The Labute approximate surface area is 74.1 Å². The molecule has 0 fully saturated rings. The summed E-state index contributed by atoms with van der Waals surface area (Å²) < 4.78 is 22.0. The van der Waals surface area contributed by atoms with Crippen LogP contribution in [-0.2, 0) is 14.6 Å². The fourth-order valence-corrected chi connectivity index (χ4v) is 1.55. The normalized spacial score (nSPS) is 15.8.